The van der Waals surface area contributed by atoms with Crippen LogP contribution < -0.4 is 15.5 Å². The van der Waals surface area contributed by atoms with Gasteiger partial charge in [0.1, 0.15) is 0 Å². The highest BCUT2D eigenvalue weighted by molar-refractivity contribution is 5.44. The summed E-state index contributed by atoms with van der Waals surface area (Å²) in [7, 11) is 3.88. The van der Waals surface area contributed by atoms with Crippen molar-refractivity contribution < 1.29 is 0 Å². The molecular weight excluding hydrogens is 252 g/mol. The van der Waals surface area contributed by atoms with Gasteiger partial charge in [-0.25, -0.2) is 0 Å². The van der Waals surface area contributed by atoms with Gasteiger partial charge in [-0.15, -0.1) is 0 Å². The van der Waals surface area contributed by atoms with Crippen LogP contribution >= 0.6 is 0 Å². The summed E-state index contributed by atoms with van der Waals surface area (Å²) in [4.78, 5) is 15.3. The third-order valence-electron chi connectivity index (χ3n) is 3.73. The summed E-state index contributed by atoms with van der Waals surface area (Å²) in [6.45, 7) is 5.10. The van der Waals surface area contributed by atoms with E-state index in [1.54, 1.807) is 0 Å². The van der Waals surface area contributed by atoms with Crippen LogP contribution in [0.4, 0.5) is 17.8 Å². The molecule has 112 valence electrons. The molecule has 1 aromatic heterocycles. The zero-order chi connectivity index (χ0) is 14.6. The van der Waals surface area contributed by atoms with Crippen molar-refractivity contribution in [2.75, 3.05) is 36.2 Å². The van der Waals surface area contributed by atoms with Crippen LogP contribution in [0.5, 0.6) is 0 Å². The van der Waals surface area contributed by atoms with Crippen LogP contribution in [-0.2, 0) is 0 Å². The molecule has 0 aromatic carbocycles. The molecular formula is C14H26N6. The second kappa shape index (κ2) is 6.24. The van der Waals surface area contributed by atoms with Gasteiger partial charge in [-0.05, 0) is 26.7 Å². The van der Waals surface area contributed by atoms with Crippen LogP contribution in [0.1, 0.15) is 46.0 Å². The van der Waals surface area contributed by atoms with Crippen molar-refractivity contribution in [2.24, 2.45) is 0 Å². The molecule has 0 amide bonds. The average molecular weight is 278 g/mol. The Kier molecular flexibility index (Phi) is 4.62. The first-order valence-electron chi connectivity index (χ1n) is 7.48. The van der Waals surface area contributed by atoms with Crippen molar-refractivity contribution in [3.63, 3.8) is 0 Å². The molecule has 6 nitrogen and oxygen atoms in total. The predicted molar refractivity (Wildman–Crippen MR) is 83.4 cm³/mol. The quantitative estimate of drug-likeness (QED) is 0.862. The molecule has 0 radical (unpaired) electrons. The number of nitrogens with zero attached hydrogens (tertiary/aromatic N) is 4. The lowest BCUT2D eigenvalue weighted by Gasteiger charge is -2.34. The van der Waals surface area contributed by atoms with Crippen LogP contribution in [0.3, 0.4) is 0 Å². The molecule has 0 unspecified atom stereocenters. The zero-order valence-electron chi connectivity index (χ0n) is 13.0. The fourth-order valence-electron chi connectivity index (χ4n) is 2.58. The van der Waals surface area contributed by atoms with E-state index in [1.165, 1.54) is 32.1 Å². The Hall–Kier alpha value is -1.59. The second-order valence-electron chi connectivity index (χ2n) is 5.95. The summed E-state index contributed by atoms with van der Waals surface area (Å²) in [5.41, 5.74) is 0.104. The van der Waals surface area contributed by atoms with E-state index in [-0.39, 0.29) is 5.54 Å². The Morgan fingerprint density at radius 2 is 1.70 bits per heavy atom. The van der Waals surface area contributed by atoms with E-state index in [4.69, 9.17) is 0 Å². The maximum atomic E-state index is 4.51. The van der Waals surface area contributed by atoms with E-state index in [9.17, 15) is 0 Å². The maximum absolute atomic E-state index is 4.51. The molecule has 6 heteroatoms. The number of anilines is 3. The molecule has 0 saturated heterocycles. The van der Waals surface area contributed by atoms with Crippen molar-refractivity contribution in [2.45, 2.75) is 51.5 Å². The van der Waals surface area contributed by atoms with Gasteiger partial charge < -0.3 is 15.5 Å². The topological polar surface area (TPSA) is 66.0 Å². The van der Waals surface area contributed by atoms with E-state index in [0.717, 1.165) is 6.54 Å². The molecule has 0 atom stereocenters. The number of hydrogen-bond donors (Lipinski definition) is 2. The molecule has 1 heterocycles. The van der Waals surface area contributed by atoms with E-state index >= 15 is 0 Å². The molecule has 0 aliphatic heterocycles. The number of hydrogen-bond acceptors (Lipinski definition) is 6. The van der Waals surface area contributed by atoms with Gasteiger partial charge in [0.15, 0.2) is 0 Å². The van der Waals surface area contributed by atoms with Crippen molar-refractivity contribution in [1.29, 1.82) is 0 Å². The third-order valence-corrected chi connectivity index (χ3v) is 3.73. The molecule has 2 rings (SSSR count). The van der Waals surface area contributed by atoms with Crippen molar-refractivity contribution >= 4 is 17.8 Å². The minimum Gasteiger partial charge on any atom is -0.354 e. The minimum absolute atomic E-state index is 0.104. The molecule has 1 saturated carbocycles. The van der Waals surface area contributed by atoms with Crippen LogP contribution in [0.15, 0.2) is 0 Å². The van der Waals surface area contributed by atoms with E-state index in [1.807, 2.05) is 25.9 Å². The lowest BCUT2D eigenvalue weighted by molar-refractivity contribution is 0.347. The Bertz CT molecular complexity index is 439. The Labute approximate surface area is 121 Å². The summed E-state index contributed by atoms with van der Waals surface area (Å²) in [6, 6.07) is 0. The second-order valence-corrected chi connectivity index (χ2v) is 5.95. The summed E-state index contributed by atoms with van der Waals surface area (Å²) in [5.74, 6) is 1.98. The van der Waals surface area contributed by atoms with Gasteiger partial charge in [-0.2, -0.15) is 15.0 Å². The monoisotopic (exact) mass is 278 g/mol. The number of rotatable bonds is 5. The molecule has 20 heavy (non-hydrogen) atoms. The first-order valence-corrected chi connectivity index (χ1v) is 7.48. The summed E-state index contributed by atoms with van der Waals surface area (Å²) >= 11 is 0. The van der Waals surface area contributed by atoms with Crippen LogP contribution in [0.2, 0.25) is 0 Å². The standard InChI is InChI=1S/C14H26N6/c1-5-15-11-16-12(18-13(17-11)20(3)4)19-14(2)9-7-6-8-10-14/h5-10H2,1-4H3,(H2,15,16,17,18,19). The van der Waals surface area contributed by atoms with Crippen LogP contribution in [-0.4, -0.2) is 41.1 Å². The van der Waals surface area contributed by atoms with E-state index in [2.05, 4.69) is 32.5 Å². The lowest BCUT2D eigenvalue weighted by atomic mass is 9.83. The Morgan fingerprint density at radius 1 is 1.05 bits per heavy atom. The lowest BCUT2D eigenvalue weighted by Crippen LogP contribution is -2.37. The van der Waals surface area contributed by atoms with E-state index in [0.29, 0.717) is 17.8 Å². The SMILES string of the molecule is CCNc1nc(NC2(C)CCCCC2)nc(N(C)C)n1. The van der Waals surface area contributed by atoms with Gasteiger partial charge in [-0.1, -0.05) is 19.3 Å². The van der Waals surface area contributed by atoms with Crippen LogP contribution in [0.25, 0.3) is 0 Å². The molecule has 0 bridgehead atoms. The number of nitrogens with one attached hydrogen (secondary N) is 2. The zero-order valence-corrected chi connectivity index (χ0v) is 13.0. The smallest absolute Gasteiger partial charge is 0.231 e. The first-order chi connectivity index (χ1) is 9.52. The fraction of sp³-hybridized carbons (Fsp3) is 0.786. The highest BCUT2D eigenvalue weighted by Gasteiger charge is 2.27. The maximum Gasteiger partial charge on any atom is 0.231 e. The van der Waals surface area contributed by atoms with Crippen molar-refractivity contribution in [3.8, 4) is 0 Å². The minimum atomic E-state index is 0.104. The molecule has 1 aromatic rings. The molecule has 1 fully saturated rings. The van der Waals surface area contributed by atoms with Gasteiger partial charge >= 0.3 is 0 Å². The molecule has 0 spiro atoms. The number of aromatic nitrogens is 3. The van der Waals surface area contributed by atoms with Crippen LogP contribution in [0, 0.1) is 0 Å². The van der Waals surface area contributed by atoms with Gasteiger partial charge in [0, 0.05) is 26.2 Å². The average Bonchev–Trinajstić information content (AvgIpc) is 2.39. The van der Waals surface area contributed by atoms with Gasteiger partial charge in [0.05, 0.1) is 0 Å². The Morgan fingerprint density at radius 3 is 2.30 bits per heavy atom. The highest BCUT2D eigenvalue weighted by atomic mass is 15.3. The van der Waals surface area contributed by atoms with Gasteiger partial charge in [0.2, 0.25) is 17.8 Å². The highest BCUT2D eigenvalue weighted by Crippen LogP contribution is 2.30. The predicted octanol–water partition coefficient (Wildman–Crippen LogP) is 2.50. The van der Waals surface area contributed by atoms with Gasteiger partial charge in [-0.3, -0.25) is 0 Å². The van der Waals surface area contributed by atoms with Gasteiger partial charge in [0.25, 0.3) is 0 Å². The molecule has 1 aliphatic carbocycles. The third kappa shape index (κ3) is 3.71. The summed E-state index contributed by atoms with van der Waals surface area (Å²) < 4.78 is 0. The molecule has 1 aliphatic rings. The fourth-order valence-corrected chi connectivity index (χ4v) is 2.58. The van der Waals surface area contributed by atoms with Crippen molar-refractivity contribution in [1.82, 2.24) is 15.0 Å². The Balaban J connectivity index is 2.20. The summed E-state index contributed by atoms with van der Waals surface area (Å²) in [6.07, 6.45) is 6.23. The summed E-state index contributed by atoms with van der Waals surface area (Å²) in [5, 5.41) is 6.69. The largest absolute Gasteiger partial charge is 0.354 e. The normalized spacial score (nSPS) is 17.6. The molecule has 2 N–H and O–H groups in total. The first kappa shape index (κ1) is 14.8. The van der Waals surface area contributed by atoms with E-state index < -0.39 is 0 Å². The van der Waals surface area contributed by atoms with Crippen molar-refractivity contribution in [3.05, 3.63) is 0 Å².